The second-order valence-electron chi connectivity index (χ2n) is 3.90. The molecule has 14 heavy (non-hydrogen) atoms. The third kappa shape index (κ3) is 6.10. The molecule has 0 amide bonds. The fourth-order valence-electron chi connectivity index (χ4n) is 0.890. The van der Waals surface area contributed by atoms with Gasteiger partial charge in [-0.3, -0.25) is 0 Å². The van der Waals surface area contributed by atoms with Crippen LogP contribution in [-0.4, -0.2) is 56.0 Å². The molecule has 0 aromatic carbocycles. The number of quaternary nitrogens is 1. The van der Waals surface area contributed by atoms with Crippen molar-refractivity contribution in [3.05, 3.63) is 0 Å². The van der Waals surface area contributed by atoms with E-state index in [9.17, 15) is 12.3 Å². The second kappa shape index (κ2) is 5.57. The van der Waals surface area contributed by atoms with Crippen LogP contribution >= 0.6 is 22.6 Å². The summed E-state index contributed by atoms with van der Waals surface area (Å²) < 4.78 is 35.7. The van der Waals surface area contributed by atoms with Gasteiger partial charge in [0.1, 0.15) is 4.55 Å². The molecule has 0 heterocycles. The van der Waals surface area contributed by atoms with Crippen molar-refractivity contribution in [2.75, 3.05) is 38.8 Å². The molecule has 0 saturated heterocycles. The minimum Gasteiger partial charge on any atom is -0.320 e. The molecule has 0 spiro atoms. The van der Waals surface area contributed by atoms with E-state index in [2.05, 4.69) is 36.7 Å². The highest BCUT2D eigenvalue weighted by Gasteiger charge is 2.17. The van der Waals surface area contributed by atoms with E-state index in [1.807, 2.05) is 0 Å². The molecule has 0 aliphatic heterocycles. The summed E-state index contributed by atoms with van der Waals surface area (Å²) >= 11 is 2.27. The molecule has 0 aromatic heterocycles. The quantitative estimate of drug-likeness (QED) is 0.238. The van der Waals surface area contributed by atoms with E-state index in [0.29, 0.717) is 6.42 Å². The van der Waals surface area contributed by atoms with Gasteiger partial charge in [0.2, 0.25) is 0 Å². The molecule has 0 aliphatic carbocycles. The van der Waals surface area contributed by atoms with Crippen molar-refractivity contribution in [3.8, 4) is 0 Å². The van der Waals surface area contributed by atoms with Gasteiger partial charge in [-0.15, -0.1) is 0 Å². The maximum atomic E-state index is 12.4. The van der Waals surface area contributed by atoms with Crippen molar-refractivity contribution in [3.63, 3.8) is 0 Å². The van der Waals surface area contributed by atoms with Gasteiger partial charge in [0.05, 0.1) is 20.6 Å². The Labute approximate surface area is 99.1 Å². The molecule has 0 aromatic rings. The van der Waals surface area contributed by atoms with E-state index in [0.717, 1.165) is 19.9 Å². The van der Waals surface area contributed by atoms with Gasteiger partial charge in [0, 0.05) is 20.0 Å². The smallest absolute Gasteiger partial charge is 0.320 e. The molecule has 86 valence electrons. The first-order chi connectivity index (χ1) is 6.19. The Morgan fingerprint density at radius 1 is 1.43 bits per heavy atom. The van der Waals surface area contributed by atoms with Gasteiger partial charge in [0.15, 0.2) is 0 Å². The predicted octanol–water partition coefficient (Wildman–Crippen LogP) is 0.992. The van der Waals surface area contributed by atoms with E-state index in [1.54, 1.807) is 0 Å². The van der Waals surface area contributed by atoms with Crippen LogP contribution in [-0.2, 0) is 10.4 Å². The molecule has 7 heteroatoms. The number of alkyl halides is 1. The molecule has 0 atom stereocenters. The summed E-state index contributed by atoms with van der Waals surface area (Å²) in [6.45, 7) is 1.07. The SMILES string of the molecule is CN(CCC[N+](C)(C)CI)S(=O)(=O)F. The molecule has 0 bridgehead atoms. The standard InChI is InChI=1S/C7H17FIN2O2S/c1-10(14(8,12)13)5-4-6-11(2,3)7-9/h4-7H2,1-3H3/q+1. The van der Waals surface area contributed by atoms with Gasteiger partial charge < -0.3 is 4.48 Å². The van der Waals surface area contributed by atoms with Gasteiger partial charge in [-0.1, -0.05) is 3.89 Å². The van der Waals surface area contributed by atoms with Crippen LogP contribution in [0.2, 0.25) is 0 Å². The average Bonchev–Trinajstić information content (AvgIpc) is 2.02. The first-order valence-corrected chi connectivity index (χ1v) is 7.09. The van der Waals surface area contributed by atoms with Crippen LogP contribution in [0.1, 0.15) is 6.42 Å². The summed E-state index contributed by atoms with van der Waals surface area (Å²) in [7, 11) is 0.851. The molecule has 0 aliphatic rings. The lowest BCUT2D eigenvalue weighted by atomic mass is 10.4. The Morgan fingerprint density at radius 3 is 2.29 bits per heavy atom. The minimum atomic E-state index is -4.50. The van der Waals surface area contributed by atoms with Gasteiger partial charge >= 0.3 is 10.4 Å². The molecule has 0 radical (unpaired) electrons. The second-order valence-corrected chi connectivity index (χ2v) is 6.03. The summed E-state index contributed by atoms with van der Waals surface area (Å²) in [6.07, 6.45) is 0.662. The fraction of sp³-hybridized carbons (Fsp3) is 1.00. The highest BCUT2D eigenvalue weighted by atomic mass is 127. The zero-order chi connectivity index (χ0) is 11.4. The van der Waals surface area contributed by atoms with Crippen LogP contribution in [0.4, 0.5) is 3.89 Å². The average molecular weight is 339 g/mol. The van der Waals surface area contributed by atoms with Crippen LogP contribution in [0.15, 0.2) is 0 Å². The van der Waals surface area contributed by atoms with E-state index in [4.69, 9.17) is 0 Å². The third-order valence-corrected chi connectivity index (χ3v) is 4.71. The summed E-state index contributed by atoms with van der Waals surface area (Å²) in [5, 5.41) is 0. The third-order valence-electron chi connectivity index (χ3n) is 1.93. The summed E-state index contributed by atoms with van der Waals surface area (Å²) in [6, 6.07) is 0. The molecule has 4 nitrogen and oxygen atoms in total. The lowest BCUT2D eigenvalue weighted by Gasteiger charge is -2.27. The van der Waals surface area contributed by atoms with Crippen LogP contribution < -0.4 is 0 Å². The van der Waals surface area contributed by atoms with Gasteiger partial charge in [-0.2, -0.15) is 12.7 Å². The molecule has 0 rings (SSSR count). The molecule has 0 N–H and O–H groups in total. The van der Waals surface area contributed by atoms with Gasteiger partial charge in [-0.25, -0.2) is 0 Å². The van der Waals surface area contributed by atoms with Crippen LogP contribution in [0.5, 0.6) is 0 Å². The Kier molecular flexibility index (Phi) is 5.78. The number of halogens is 2. The fourth-order valence-corrected chi connectivity index (χ4v) is 1.58. The van der Waals surface area contributed by atoms with Crippen molar-refractivity contribution in [1.29, 1.82) is 0 Å². The predicted molar refractivity (Wildman–Crippen MR) is 63.1 cm³/mol. The molecule has 0 fully saturated rings. The monoisotopic (exact) mass is 339 g/mol. The lowest BCUT2D eigenvalue weighted by molar-refractivity contribution is -0.874. The number of nitrogens with zero attached hydrogens (tertiary/aromatic N) is 2. The van der Waals surface area contributed by atoms with Crippen molar-refractivity contribution in [2.45, 2.75) is 6.42 Å². The highest BCUT2D eigenvalue weighted by Crippen LogP contribution is 2.05. The maximum Gasteiger partial charge on any atom is 0.374 e. The first-order valence-electron chi connectivity index (χ1n) is 4.23. The van der Waals surface area contributed by atoms with E-state index in [-0.39, 0.29) is 6.54 Å². The Morgan fingerprint density at radius 2 is 1.93 bits per heavy atom. The topological polar surface area (TPSA) is 37.4 Å². The van der Waals surface area contributed by atoms with Crippen LogP contribution in [0, 0.1) is 0 Å². The zero-order valence-electron chi connectivity index (χ0n) is 8.70. The van der Waals surface area contributed by atoms with E-state index in [1.165, 1.54) is 7.05 Å². The minimum absolute atomic E-state index is 0.233. The molecule has 0 saturated carbocycles. The van der Waals surface area contributed by atoms with Crippen LogP contribution in [0.25, 0.3) is 0 Å². The van der Waals surface area contributed by atoms with E-state index >= 15 is 0 Å². The van der Waals surface area contributed by atoms with Crippen molar-refractivity contribution in [1.82, 2.24) is 4.31 Å². The zero-order valence-corrected chi connectivity index (χ0v) is 11.7. The highest BCUT2D eigenvalue weighted by molar-refractivity contribution is 14.1. The lowest BCUT2D eigenvalue weighted by Crippen LogP contribution is -2.40. The molecular formula is C7H17FIN2O2S+. The first kappa shape index (κ1) is 14.5. The number of hydrogen-bond donors (Lipinski definition) is 0. The van der Waals surface area contributed by atoms with Gasteiger partial charge in [0.25, 0.3) is 0 Å². The molecular weight excluding hydrogens is 322 g/mol. The normalized spacial score (nSPS) is 13.6. The van der Waals surface area contributed by atoms with Crippen molar-refractivity contribution in [2.24, 2.45) is 0 Å². The number of rotatable bonds is 6. The Hall–Kier alpha value is 0.530. The summed E-state index contributed by atoms with van der Waals surface area (Å²) in [5.41, 5.74) is 0. The maximum absolute atomic E-state index is 12.4. The Balaban J connectivity index is 3.87. The van der Waals surface area contributed by atoms with E-state index < -0.39 is 10.4 Å². The van der Waals surface area contributed by atoms with Crippen molar-refractivity contribution < 1.29 is 16.8 Å². The Bertz CT molecular complexity index is 269. The largest absolute Gasteiger partial charge is 0.374 e. The number of hydrogen-bond acceptors (Lipinski definition) is 2. The van der Waals surface area contributed by atoms with Crippen molar-refractivity contribution >= 4 is 33.0 Å². The summed E-state index contributed by atoms with van der Waals surface area (Å²) in [4.78, 5) is 0. The summed E-state index contributed by atoms with van der Waals surface area (Å²) in [5.74, 6) is 0. The molecule has 0 unspecified atom stereocenters. The van der Waals surface area contributed by atoms with Crippen LogP contribution in [0.3, 0.4) is 0 Å². The van der Waals surface area contributed by atoms with Gasteiger partial charge in [-0.05, 0) is 22.6 Å².